The minimum absolute atomic E-state index is 0.0857. The number of para-hydroxylation sites is 1. The average molecular weight is 821 g/mol. The van der Waals surface area contributed by atoms with Gasteiger partial charge in [0.25, 0.3) is 0 Å². The fourth-order valence-electron chi connectivity index (χ4n) is 13.3. The van der Waals surface area contributed by atoms with E-state index in [1.165, 1.54) is 124 Å². The first-order chi connectivity index (χ1) is 30.7. The van der Waals surface area contributed by atoms with Crippen LogP contribution in [0.25, 0.3) is 60.0 Å². The first-order valence-corrected chi connectivity index (χ1v) is 24.1. The second kappa shape index (κ2) is 13.3. The van der Waals surface area contributed by atoms with E-state index in [-0.39, 0.29) is 17.0 Å². The number of fused-ring (bicyclic) bond motifs is 16. The first-order valence-electron chi connectivity index (χ1n) is 23.3. The molecular weight excluding hydrogens is 773 g/mol. The molecule has 62 heavy (non-hydrogen) atoms. The Kier molecular flexibility index (Phi) is 7.62. The maximum absolute atomic E-state index is 6.54. The van der Waals surface area contributed by atoms with Gasteiger partial charge in [0.2, 0.25) is 5.88 Å². The van der Waals surface area contributed by atoms with Gasteiger partial charge in [0.15, 0.2) is 0 Å². The Balaban J connectivity index is 0.908. The zero-order chi connectivity index (χ0) is 40.6. The van der Waals surface area contributed by atoms with Crippen molar-refractivity contribution in [2.24, 2.45) is 4.99 Å². The molecule has 1 atom stereocenters. The van der Waals surface area contributed by atoms with Crippen molar-refractivity contribution in [1.82, 2.24) is 0 Å². The lowest BCUT2D eigenvalue weighted by Gasteiger charge is -2.37. The Labute approximate surface area is 367 Å². The van der Waals surface area contributed by atoms with Crippen LogP contribution in [0.5, 0.6) is 0 Å². The maximum atomic E-state index is 6.54. The Morgan fingerprint density at radius 3 is 2.13 bits per heavy atom. The van der Waals surface area contributed by atoms with Crippen molar-refractivity contribution in [1.29, 1.82) is 0 Å². The number of furan rings is 1. The first kappa shape index (κ1) is 35.6. The molecule has 8 aromatic rings. The molecule has 1 aliphatic heterocycles. The molecule has 6 aliphatic rings. The fourth-order valence-corrected chi connectivity index (χ4v) is 14.6. The number of hydrogen-bond donors (Lipinski definition) is 1. The summed E-state index contributed by atoms with van der Waals surface area (Å²) in [5.41, 5.74) is 22.2. The summed E-state index contributed by atoms with van der Waals surface area (Å²) in [6, 6.07) is 48.6. The number of allylic oxidation sites excluding steroid dienone is 1. The number of nitrogens with zero attached hydrogens (tertiary/aromatic N) is 1. The van der Waals surface area contributed by atoms with E-state index in [1.807, 2.05) is 17.4 Å². The van der Waals surface area contributed by atoms with Gasteiger partial charge < -0.3 is 9.73 Å². The van der Waals surface area contributed by atoms with E-state index >= 15 is 0 Å². The standard InChI is InChI=1S/C58H48N2OS/c1-4-16-35(17-5-1)53-52-40-19-7-9-25-49(40)61-56(52)60-55(59-53)41-22-14-21-39-43-32-36(26-27-50(43)62-54(39)41)37-20-15-24-46-51(37)44-34-47-42(33-48(44)58(46)30-12-3-13-31-58)38-18-6-8-23-45(38)57(47)28-10-2-11-29-57/h1,4-9,15-20,22-27,32-34,55,60H,2-3,10-14,21,28-31H2. The van der Waals surface area contributed by atoms with Crippen LogP contribution in [0.4, 0.5) is 5.88 Å². The Hall–Kier alpha value is -5.97. The van der Waals surface area contributed by atoms with Gasteiger partial charge in [-0.25, -0.2) is 0 Å². The van der Waals surface area contributed by atoms with Crippen LogP contribution in [0.15, 0.2) is 143 Å². The zero-order valence-corrected chi connectivity index (χ0v) is 35.8. The third kappa shape index (κ3) is 4.85. The minimum atomic E-state index is -0.245. The molecular formula is C58H48N2OS. The number of benzene rings is 6. The van der Waals surface area contributed by atoms with Crippen LogP contribution in [-0.2, 0) is 17.3 Å². The molecule has 2 spiro atoms. The molecule has 14 rings (SSSR count). The Morgan fingerprint density at radius 1 is 0.565 bits per heavy atom. The second-order valence-corrected chi connectivity index (χ2v) is 20.1. The molecule has 0 bridgehead atoms. The molecule has 3 heterocycles. The SMILES string of the molecule is C1=C(C2N=C(c3ccccc3)c3c(oc4ccccc34)N2)c2sc3ccc(-c4cccc5c4-c4cc6c(cc4C54CCCCC4)-c4ccccc4C64CCCCC4)cc3c2CC1. The van der Waals surface area contributed by atoms with Gasteiger partial charge in [-0.15, -0.1) is 11.3 Å². The van der Waals surface area contributed by atoms with Crippen molar-refractivity contribution in [3.05, 3.63) is 177 Å². The number of rotatable bonds is 3. The van der Waals surface area contributed by atoms with E-state index in [0.717, 1.165) is 46.5 Å². The van der Waals surface area contributed by atoms with Crippen LogP contribution in [0.2, 0.25) is 0 Å². The van der Waals surface area contributed by atoms with Crippen molar-refractivity contribution >= 4 is 49.6 Å². The van der Waals surface area contributed by atoms with Crippen LogP contribution in [0.1, 0.15) is 114 Å². The smallest absolute Gasteiger partial charge is 0.205 e. The average Bonchev–Trinajstić information content (AvgIpc) is 4.05. The molecule has 4 heteroatoms. The zero-order valence-electron chi connectivity index (χ0n) is 35.0. The van der Waals surface area contributed by atoms with Crippen molar-refractivity contribution < 1.29 is 4.42 Å². The summed E-state index contributed by atoms with van der Waals surface area (Å²) in [7, 11) is 0. The van der Waals surface area contributed by atoms with Gasteiger partial charge in [0.05, 0.1) is 11.3 Å². The normalized spacial score (nSPS) is 19.9. The van der Waals surface area contributed by atoms with Gasteiger partial charge in [0.1, 0.15) is 11.7 Å². The molecule has 0 radical (unpaired) electrons. The van der Waals surface area contributed by atoms with Gasteiger partial charge in [-0.3, -0.25) is 4.99 Å². The predicted octanol–water partition coefficient (Wildman–Crippen LogP) is 15.4. The lowest BCUT2D eigenvalue weighted by molar-refractivity contribution is 0.350. The third-order valence-corrected chi connectivity index (χ3v) is 17.3. The van der Waals surface area contributed by atoms with Gasteiger partial charge in [-0.2, -0.15) is 0 Å². The highest BCUT2D eigenvalue weighted by molar-refractivity contribution is 7.20. The van der Waals surface area contributed by atoms with E-state index in [0.29, 0.717) is 0 Å². The number of aryl methyl sites for hydroxylation is 1. The molecule has 302 valence electrons. The molecule has 5 aliphatic carbocycles. The second-order valence-electron chi connectivity index (χ2n) is 19.0. The lowest BCUT2D eigenvalue weighted by Crippen LogP contribution is -2.29. The number of aliphatic imine (C=N–C) groups is 1. The van der Waals surface area contributed by atoms with Crippen LogP contribution in [0, 0.1) is 0 Å². The Morgan fingerprint density at radius 2 is 1.27 bits per heavy atom. The van der Waals surface area contributed by atoms with Crippen molar-refractivity contribution in [3.63, 3.8) is 0 Å². The van der Waals surface area contributed by atoms with Crippen LogP contribution in [0.3, 0.4) is 0 Å². The summed E-state index contributed by atoms with van der Waals surface area (Å²) in [6.07, 6.45) is 17.2. The van der Waals surface area contributed by atoms with E-state index in [2.05, 4.69) is 133 Å². The Bertz CT molecular complexity index is 3240. The van der Waals surface area contributed by atoms with Gasteiger partial charge in [-0.05, 0) is 135 Å². The highest BCUT2D eigenvalue weighted by Crippen LogP contribution is 2.63. The van der Waals surface area contributed by atoms with E-state index in [1.54, 1.807) is 22.3 Å². The fraction of sp³-hybridized carbons (Fsp3) is 0.259. The quantitative estimate of drug-likeness (QED) is 0.193. The predicted molar refractivity (Wildman–Crippen MR) is 258 cm³/mol. The topological polar surface area (TPSA) is 37.5 Å². The van der Waals surface area contributed by atoms with E-state index in [4.69, 9.17) is 9.41 Å². The number of nitrogens with one attached hydrogen (secondary N) is 1. The molecule has 3 nitrogen and oxygen atoms in total. The monoisotopic (exact) mass is 820 g/mol. The highest BCUT2D eigenvalue weighted by Gasteiger charge is 2.49. The van der Waals surface area contributed by atoms with Crippen molar-refractivity contribution in [3.8, 4) is 33.4 Å². The molecule has 1 N–H and O–H groups in total. The van der Waals surface area contributed by atoms with E-state index < -0.39 is 0 Å². The minimum Gasteiger partial charge on any atom is -0.440 e. The highest BCUT2D eigenvalue weighted by atomic mass is 32.1. The number of hydrogen-bond acceptors (Lipinski definition) is 4. The molecule has 1 unspecified atom stereocenters. The molecule has 2 aromatic heterocycles. The van der Waals surface area contributed by atoms with Crippen LogP contribution < -0.4 is 5.32 Å². The number of anilines is 1. The summed E-state index contributed by atoms with van der Waals surface area (Å²) in [5.74, 6) is 0.805. The van der Waals surface area contributed by atoms with Gasteiger partial charge in [0, 0.05) is 36.9 Å². The molecule has 2 saturated carbocycles. The van der Waals surface area contributed by atoms with Crippen LogP contribution >= 0.6 is 11.3 Å². The molecule has 0 saturated heterocycles. The summed E-state index contributed by atoms with van der Waals surface area (Å²) < 4.78 is 7.89. The van der Waals surface area contributed by atoms with Crippen LogP contribution in [-0.4, -0.2) is 11.9 Å². The largest absolute Gasteiger partial charge is 0.440 e. The van der Waals surface area contributed by atoms with Crippen molar-refractivity contribution in [2.45, 2.75) is 94.0 Å². The molecule has 2 fully saturated rings. The van der Waals surface area contributed by atoms with Crippen molar-refractivity contribution in [2.75, 3.05) is 5.32 Å². The summed E-state index contributed by atoms with van der Waals surface area (Å²) >= 11 is 1.93. The molecule has 0 amide bonds. The summed E-state index contributed by atoms with van der Waals surface area (Å²) in [5, 5.41) is 6.26. The summed E-state index contributed by atoms with van der Waals surface area (Å²) in [4.78, 5) is 6.88. The number of thiophene rings is 1. The summed E-state index contributed by atoms with van der Waals surface area (Å²) in [6.45, 7) is 0. The van der Waals surface area contributed by atoms with Gasteiger partial charge in [-0.1, -0.05) is 142 Å². The van der Waals surface area contributed by atoms with E-state index in [9.17, 15) is 0 Å². The maximum Gasteiger partial charge on any atom is 0.205 e. The lowest BCUT2D eigenvalue weighted by atomic mass is 9.66. The molecule has 6 aromatic carbocycles. The van der Waals surface area contributed by atoms with Gasteiger partial charge >= 0.3 is 0 Å². The third-order valence-electron chi connectivity index (χ3n) is 16.0.